The van der Waals surface area contributed by atoms with Crippen LogP contribution in [0.25, 0.3) is 11.3 Å². The summed E-state index contributed by atoms with van der Waals surface area (Å²) in [6.45, 7) is 1.99. The molecule has 0 saturated heterocycles. The molecule has 0 amide bonds. The van der Waals surface area contributed by atoms with Crippen LogP contribution in [0.4, 0.5) is 4.39 Å². The highest BCUT2D eigenvalue weighted by Gasteiger charge is 2.21. The molecule has 1 aliphatic heterocycles. The molecule has 1 aromatic heterocycles. The zero-order valence-electron chi connectivity index (χ0n) is 11.1. The zero-order chi connectivity index (χ0) is 13.2. The minimum Gasteiger partial charge on any atom is -0.331 e. The number of imidazole rings is 1. The van der Waals surface area contributed by atoms with Crippen molar-refractivity contribution < 1.29 is 4.39 Å². The number of hydrogen-bond acceptors (Lipinski definition) is 2. The Morgan fingerprint density at radius 1 is 1.32 bits per heavy atom. The summed E-state index contributed by atoms with van der Waals surface area (Å²) in [5.41, 5.74) is 3.35. The van der Waals surface area contributed by atoms with Crippen molar-refractivity contribution in [3.8, 4) is 11.3 Å². The average Bonchev–Trinajstić information content (AvgIpc) is 3.00. The van der Waals surface area contributed by atoms with E-state index in [0.717, 1.165) is 43.0 Å². The molecule has 1 N–H and O–H groups in total. The lowest BCUT2D eigenvalue weighted by molar-refractivity contribution is 0.628. The maximum absolute atomic E-state index is 13.0. The first kappa shape index (κ1) is 12.4. The van der Waals surface area contributed by atoms with Crippen LogP contribution in [0.15, 0.2) is 24.3 Å². The summed E-state index contributed by atoms with van der Waals surface area (Å²) in [5, 5.41) is 3.16. The van der Waals surface area contributed by atoms with E-state index in [-0.39, 0.29) is 5.82 Å². The molecule has 4 heteroatoms. The van der Waals surface area contributed by atoms with E-state index in [0.29, 0.717) is 0 Å². The van der Waals surface area contributed by atoms with Gasteiger partial charge in [-0.2, -0.15) is 0 Å². The van der Waals surface area contributed by atoms with Crippen molar-refractivity contribution in [1.29, 1.82) is 0 Å². The predicted octanol–water partition coefficient (Wildman–Crippen LogP) is 2.40. The number of aromatic nitrogens is 2. The molecule has 19 heavy (non-hydrogen) atoms. The average molecular weight is 259 g/mol. The maximum atomic E-state index is 13.0. The second kappa shape index (κ2) is 5.13. The first-order valence-electron chi connectivity index (χ1n) is 6.78. The molecule has 0 atom stereocenters. The summed E-state index contributed by atoms with van der Waals surface area (Å²) in [5.74, 6) is 0.941. The molecule has 2 aromatic rings. The largest absolute Gasteiger partial charge is 0.331 e. The van der Waals surface area contributed by atoms with Crippen molar-refractivity contribution in [1.82, 2.24) is 14.9 Å². The molecular weight excluding hydrogens is 241 g/mol. The molecule has 0 fully saturated rings. The summed E-state index contributed by atoms with van der Waals surface area (Å²) >= 11 is 0. The number of nitrogens with one attached hydrogen (secondary N) is 1. The third kappa shape index (κ3) is 2.28. The van der Waals surface area contributed by atoms with Crippen LogP contribution >= 0.6 is 0 Å². The molecule has 0 spiro atoms. The van der Waals surface area contributed by atoms with E-state index < -0.39 is 0 Å². The van der Waals surface area contributed by atoms with Gasteiger partial charge in [0.2, 0.25) is 0 Å². The Labute approximate surface area is 112 Å². The first-order valence-corrected chi connectivity index (χ1v) is 6.78. The van der Waals surface area contributed by atoms with Crippen molar-refractivity contribution >= 4 is 0 Å². The van der Waals surface area contributed by atoms with Gasteiger partial charge in [-0.1, -0.05) is 0 Å². The highest BCUT2D eigenvalue weighted by Crippen LogP contribution is 2.29. The molecule has 0 radical (unpaired) electrons. The van der Waals surface area contributed by atoms with Gasteiger partial charge in [0.25, 0.3) is 0 Å². The van der Waals surface area contributed by atoms with Crippen molar-refractivity contribution in [3.05, 3.63) is 41.6 Å². The van der Waals surface area contributed by atoms with Crippen LogP contribution in [0.3, 0.4) is 0 Å². The van der Waals surface area contributed by atoms with E-state index in [1.54, 1.807) is 0 Å². The molecule has 0 bridgehead atoms. The Morgan fingerprint density at radius 3 is 2.84 bits per heavy atom. The molecule has 0 aliphatic carbocycles. The normalized spacial score (nSPS) is 13.8. The summed E-state index contributed by atoms with van der Waals surface area (Å²) in [7, 11) is 1.95. The van der Waals surface area contributed by atoms with Gasteiger partial charge in [-0.3, -0.25) is 0 Å². The Bertz CT molecular complexity index is 572. The summed E-state index contributed by atoms with van der Waals surface area (Å²) < 4.78 is 15.3. The number of rotatable bonds is 4. The number of fused-ring (bicyclic) bond motifs is 1. The van der Waals surface area contributed by atoms with Gasteiger partial charge >= 0.3 is 0 Å². The topological polar surface area (TPSA) is 29.9 Å². The minimum atomic E-state index is -0.199. The first-order chi connectivity index (χ1) is 9.29. The fourth-order valence-electron chi connectivity index (χ4n) is 2.73. The van der Waals surface area contributed by atoms with Gasteiger partial charge in [0, 0.05) is 30.8 Å². The van der Waals surface area contributed by atoms with Gasteiger partial charge < -0.3 is 9.88 Å². The Hall–Kier alpha value is -1.68. The molecule has 2 heterocycles. The minimum absolute atomic E-state index is 0.199. The highest BCUT2D eigenvalue weighted by molar-refractivity contribution is 5.63. The molecule has 1 aromatic carbocycles. The highest BCUT2D eigenvalue weighted by atomic mass is 19.1. The predicted molar refractivity (Wildman–Crippen MR) is 73.6 cm³/mol. The lowest BCUT2D eigenvalue weighted by Gasteiger charge is -2.02. The molecule has 3 nitrogen and oxygen atoms in total. The van der Waals surface area contributed by atoms with Crippen molar-refractivity contribution in [2.45, 2.75) is 25.8 Å². The standard InChI is InChI=1S/C15H18FN3/c1-17-9-8-14-18-15(13-3-2-10-19(13)14)11-4-6-12(16)7-5-11/h4-7,17H,2-3,8-10H2,1H3. The van der Waals surface area contributed by atoms with Gasteiger partial charge in [-0.05, 0) is 44.2 Å². The van der Waals surface area contributed by atoms with Crippen LogP contribution in [0, 0.1) is 5.82 Å². The van der Waals surface area contributed by atoms with Crippen LogP contribution in [0.5, 0.6) is 0 Å². The second-order valence-corrected chi connectivity index (χ2v) is 4.94. The fourth-order valence-corrected chi connectivity index (χ4v) is 2.73. The van der Waals surface area contributed by atoms with E-state index in [4.69, 9.17) is 4.98 Å². The second-order valence-electron chi connectivity index (χ2n) is 4.94. The smallest absolute Gasteiger partial charge is 0.123 e. The summed E-state index contributed by atoms with van der Waals surface area (Å²) in [6, 6.07) is 6.64. The van der Waals surface area contributed by atoms with E-state index >= 15 is 0 Å². The van der Waals surface area contributed by atoms with Crippen molar-refractivity contribution in [2.75, 3.05) is 13.6 Å². The van der Waals surface area contributed by atoms with Crippen molar-refractivity contribution in [2.24, 2.45) is 0 Å². The molecule has 0 unspecified atom stereocenters. The lowest BCUT2D eigenvalue weighted by atomic mass is 10.1. The van der Waals surface area contributed by atoms with Crippen LogP contribution in [-0.4, -0.2) is 23.1 Å². The summed E-state index contributed by atoms with van der Waals surface area (Å²) in [4.78, 5) is 4.77. The Kier molecular flexibility index (Phi) is 3.34. The number of hydrogen-bond donors (Lipinski definition) is 1. The fraction of sp³-hybridized carbons (Fsp3) is 0.400. The van der Waals surface area contributed by atoms with Crippen molar-refractivity contribution in [3.63, 3.8) is 0 Å². The SMILES string of the molecule is CNCCc1nc(-c2ccc(F)cc2)c2n1CCC2. The van der Waals surface area contributed by atoms with Gasteiger partial charge in [0.1, 0.15) is 11.6 Å². The van der Waals surface area contributed by atoms with Crippen LogP contribution in [0.1, 0.15) is 17.9 Å². The lowest BCUT2D eigenvalue weighted by Crippen LogP contribution is -2.13. The number of nitrogens with zero attached hydrogens (tertiary/aromatic N) is 2. The van der Waals surface area contributed by atoms with E-state index in [9.17, 15) is 4.39 Å². The molecule has 3 rings (SSSR count). The third-order valence-corrected chi connectivity index (χ3v) is 3.66. The van der Waals surface area contributed by atoms with E-state index in [2.05, 4.69) is 9.88 Å². The van der Waals surface area contributed by atoms with Gasteiger partial charge in [0.15, 0.2) is 0 Å². The number of halogens is 1. The van der Waals surface area contributed by atoms with Gasteiger partial charge in [-0.25, -0.2) is 9.37 Å². The maximum Gasteiger partial charge on any atom is 0.123 e. The third-order valence-electron chi connectivity index (χ3n) is 3.66. The van der Waals surface area contributed by atoms with E-state index in [1.165, 1.54) is 24.2 Å². The van der Waals surface area contributed by atoms with Gasteiger partial charge in [-0.15, -0.1) is 0 Å². The zero-order valence-corrected chi connectivity index (χ0v) is 11.1. The number of likely N-dealkylation sites (N-methyl/N-ethyl adjacent to an activating group) is 1. The number of benzene rings is 1. The quantitative estimate of drug-likeness (QED) is 0.913. The molecule has 0 saturated carbocycles. The molecule has 1 aliphatic rings. The monoisotopic (exact) mass is 259 g/mol. The summed E-state index contributed by atoms with van der Waals surface area (Å²) in [6.07, 6.45) is 3.18. The van der Waals surface area contributed by atoms with Crippen LogP contribution in [0.2, 0.25) is 0 Å². The van der Waals surface area contributed by atoms with Gasteiger partial charge in [0.05, 0.1) is 5.69 Å². The van der Waals surface area contributed by atoms with E-state index in [1.807, 2.05) is 19.2 Å². The Balaban J connectivity index is 1.99. The molecule has 100 valence electrons. The Morgan fingerprint density at radius 2 is 2.11 bits per heavy atom. The van der Waals surface area contributed by atoms with Crippen LogP contribution in [-0.2, 0) is 19.4 Å². The van der Waals surface area contributed by atoms with Crippen LogP contribution < -0.4 is 5.32 Å². The molecular formula is C15H18FN3.